The minimum absolute atomic E-state index is 0.0479. The van der Waals surface area contributed by atoms with Gasteiger partial charge in [0.05, 0.1) is 11.2 Å². The fourth-order valence-corrected chi connectivity index (χ4v) is 3.66. The van der Waals surface area contributed by atoms with E-state index in [9.17, 15) is 20.1 Å². The molecule has 0 amide bonds. The monoisotopic (exact) mass is 326 g/mol. The molecule has 0 unspecified atom stereocenters. The zero-order valence-electron chi connectivity index (χ0n) is 13.3. The van der Waals surface area contributed by atoms with Crippen molar-refractivity contribution in [2.45, 2.75) is 32.6 Å². The molecule has 1 aliphatic carbocycles. The first-order chi connectivity index (χ1) is 11.5. The van der Waals surface area contributed by atoms with E-state index < -0.39 is 0 Å². The van der Waals surface area contributed by atoms with E-state index in [0.717, 1.165) is 36.8 Å². The quantitative estimate of drug-likeness (QED) is 0.641. The van der Waals surface area contributed by atoms with Gasteiger partial charge in [-0.05, 0) is 37.8 Å². The van der Waals surface area contributed by atoms with Gasteiger partial charge in [-0.2, -0.15) is 0 Å². The number of nitrogens with zero attached hydrogens (tertiary/aromatic N) is 2. The molecule has 2 heterocycles. The van der Waals surface area contributed by atoms with Crippen LogP contribution < -0.4 is 0 Å². The number of hydrogen-bond acceptors (Lipinski definition) is 4. The molecule has 6 nitrogen and oxygen atoms in total. The molecule has 1 aromatic carbocycles. The summed E-state index contributed by atoms with van der Waals surface area (Å²) in [5, 5.41) is 31.7. The minimum Gasteiger partial charge on any atom is -0.494 e. The Morgan fingerprint density at radius 2 is 1.62 bits per heavy atom. The zero-order chi connectivity index (χ0) is 17.0. The van der Waals surface area contributed by atoms with Crippen LogP contribution in [-0.2, 0) is 12.8 Å². The summed E-state index contributed by atoms with van der Waals surface area (Å²) in [5.74, 6) is -0.340. The Hall–Kier alpha value is -2.89. The number of benzene rings is 1. The molecule has 0 atom stereocenters. The van der Waals surface area contributed by atoms with Crippen LogP contribution in [0.2, 0.25) is 0 Å². The Morgan fingerprint density at radius 1 is 1.00 bits per heavy atom. The van der Waals surface area contributed by atoms with Gasteiger partial charge in [-0.15, -0.1) is 0 Å². The van der Waals surface area contributed by atoms with Crippen LogP contribution in [0.15, 0.2) is 24.3 Å². The largest absolute Gasteiger partial charge is 0.494 e. The van der Waals surface area contributed by atoms with Gasteiger partial charge in [0.25, 0.3) is 0 Å². The molecule has 0 fully saturated rings. The van der Waals surface area contributed by atoms with Crippen molar-refractivity contribution in [2.75, 3.05) is 0 Å². The van der Waals surface area contributed by atoms with Crippen molar-refractivity contribution >= 4 is 16.8 Å². The standard InChI is InChI=1S/C18H18N2O4/c1-10(21)19-15-9-12(7-6-11(15)8-16(19)22)20-17(23)13-4-2-3-5-14(13)18(20)24/h6-9,22-24H,2-5H2,1H3. The fraction of sp³-hybridized carbons (Fsp3) is 0.278. The maximum atomic E-state index is 11.8. The van der Waals surface area contributed by atoms with E-state index in [0.29, 0.717) is 16.6 Å². The summed E-state index contributed by atoms with van der Waals surface area (Å²) in [6.07, 6.45) is 3.47. The number of fused-ring (bicyclic) bond motifs is 2. The second-order valence-electron chi connectivity index (χ2n) is 6.25. The number of aromatic nitrogens is 2. The Morgan fingerprint density at radius 3 is 2.21 bits per heavy atom. The van der Waals surface area contributed by atoms with Crippen molar-refractivity contribution in [1.29, 1.82) is 0 Å². The van der Waals surface area contributed by atoms with E-state index in [2.05, 4.69) is 0 Å². The summed E-state index contributed by atoms with van der Waals surface area (Å²) in [7, 11) is 0. The van der Waals surface area contributed by atoms with Gasteiger partial charge in [-0.3, -0.25) is 13.9 Å². The molecular formula is C18H18N2O4. The molecule has 3 N–H and O–H groups in total. The van der Waals surface area contributed by atoms with Crippen molar-refractivity contribution in [3.8, 4) is 23.3 Å². The zero-order valence-corrected chi connectivity index (χ0v) is 13.3. The molecule has 0 bridgehead atoms. The molecule has 1 aliphatic rings. The van der Waals surface area contributed by atoms with E-state index in [4.69, 9.17) is 0 Å². The predicted octanol–water partition coefficient (Wildman–Crippen LogP) is 3.09. The van der Waals surface area contributed by atoms with Crippen LogP contribution in [0.5, 0.6) is 17.6 Å². The molecule has 124 valence electrons. The van der Waals surface area contributed by atoms with Crippen molar-refractivity contribution in [2.24, 2.45) is 0 Å². The van der Waals surface area contributed by atoms with Gasteiger partial charge in [-0.25, -0.2) is 0 Å². The molecule has 0 spiro atoms. The van der Waals surface area contributed by atoms with Gasteiger partial charge < -0.3 is 15.3 Å². The maximum absolute atomic E-state index is 11.8. The lowest BCUT2D eigenvalue weighted by Gasteiger charge is -2.09. The Bertz CT molecular complexity index is 951. The minimum atomic E-state index is -0.306. The van der Waals surface area contributed by atoms with E-state index in [-0.39, 0.29) is 23.5 Å². The summed E-state index contributed by atoms with van der Waals surface area (Å²) < 4.78 is 2.61. The Balaban J connectivity index is 1.96. The molecule has 0 aliphatic heterocycles. The lowest BCUT2D eigenvalue weighted by atomic mass is 9.95. The summed E-state index contributed by atoms with van der Waals surface area (Å²) in [6, 6.07) is 6.70. The van der Waals surface area contributed by atoms with E-state index in [1.165, 1.54) is 22.1 Å². The average molecular weight is 326 g/mol. The van der Waals surface area contributed by atoms with Crippen LogP contribution in [-0.4, -0.2) is 30.4 Å². The highest BCUT2D eigenvalue weighted by molar-refractivity contribution is 5.94. The van der Waals surface area contributed by atoms with Crippen molar-refractivity contribution in [3.05, 3.63) is 35.4 Å². The number of carbonyl (C=O) groups excluding carboxylic acids is 1. The third kappa shape index (κ3) is 1.92. The lowest BCUT2D eigenvalue weighted by molar-refractivity contribution is 0.0933. The number of carbonyl (C=O) groups is 1. The molecule has 3 aromatic rings. The third-order valence-electron chi connectivity index (χ3n) is 4.77. The van der Waals surface area contributed by atoms with Gasteiger partial charge in [-0.1, -0.05) is 6.07 Å². The van der Waals surface area contributed by atoms with Crippen LogP contribution in [0, 0.1) is 0 Å². The van der Waals surface area contributed by atoms with Crippen molar-refractivity contribution in [3.63, 3.8) is 0 Å². The van der Waals surface area contributed by atoms with E-state index in [1.807, 2.05) is 0 Å². The van der Waals surface area contributed by atoms with Gasteiger partial charge in [0.1, 0.15) is 0 Å². The van der Waals surface area contributed by atoms with Crippen LogP contribution in [0.3, 0.4) is 0 Å². The normalized spacial score (nSPS) is 14.0. The van der Waals surface area contributed by atoms with E-state index in [1.54, 1.807) is 18.2 Å². The number of rotatable bonds is 1. The predicted molar refractivity (Wildman–Crippen MR) is 89.2 cm³/mol. The summed E-state index contributed by atoms with van der Waals surface area (Å²) >= 11 is 0. The first kappa shape index (κ1) is 14.7. The molecule has 0 saturated heterocycles. The second-order valence-corrected chi connectivity index (χ2v) is 6.25. The first-order valence-corrected chi connectivity index (χ1v) is 7.99. The van der Waals surface area contributed by atoms with E-state index >= 15 is 0 Å². The lowest BCUT2D eigenvalue weighted by Crippen LogP contribution is -2.04. The summed E-state index contributed by atoms with van der Waals surface area (Å²) in [4.78, 5) is 11.8. The maximum Gasteiger partial charge on any atom is 0.230 e. The van der Waals surface area contributed by atoms with Crippen molar-refractivity contribution < 1.29 is 20.1 Å². The van der Waals surface area contributed by atoms with Gasteiger partial charge in [0.15, 0.2) is 5.88 Å². The summed E-state index contributed by atoms with van der Waals surface area (Å²) in [6.45, 7) is 1.37. The highest BCUT2D eigenvalue weighted by Gasteiger charge is 2.25. The number of hydrogen-bond donors (Lipinski definition) is 3. The molecule has 4 rings (SSSR count). The summed E-state index contributed by atoms with van der Waals surface area (Å²) in [5.41, 5.74) is 2.67. The molecule has 24 heavy (non-hydrogen) atoms. The highest BCUT2D eigenvalue weighted by Crippen LogP contribution is 2.41. The molecule has 2 aromatic heterocycles. The van der Waals surface area contributed by atoms with Crippen molar-refractivity contribution in [1.82, 2.24) is 9.13 Å². The van der Waals surface area contributed by atoms with Gasteiger partial charge >= 0.3 is 0 Å². The third-order valence-corrected chi connectivity index (χ3v) is 4.77. The van der Waals surface area contributed by atoms with Crippen LogP contribution in [0.25, 0.3) is 16.6 Å². The molecule has 0 saturated carbocycles. The topological polar surface area (TPSA) is 87.6 Å². The fourth-order valence-electron chi connectivity index (χ4n) is 3.66. The van der Waals surface area contributed by atoms with Gasteiger partial charge in [0, 0.05) is 29.5 Å². The average Bonchev–Trinajstić information content (AvgIpc) is 3.01. The molecule has 6 heteroatoms. The highest BCUT2D eigenvalue weighted by atomic mass is 16.3. The Labute approximate surface area is 138 Å². The smallest absolute Gasteiger partial charge is 0.230 e. The van der Waals surface area contributed by atoms with Crippen LogP contribution in [0.1, 0.15) is 35.7 Å². The van der Waals surface area contributed by atoms with Crippen LogP contribution >= 0.6 is 0 Å². The number of aromatic hydroxyl groups is 3. The molecule has 0 radical (unpaired) electrons. The SMILES string of the molecule is CC(=O)n1c(O)cc2ccc(-n3c(O)c4c(c3O)CCCC4)cc21. The molecular weight excluding hydrogens is 308 g/mol. The van der Waals surface area contributed by atoms with Crippen LogP contribution in [0.4, 0.5) is 0 Å². The first-order valence-electron chi connectivity index (χ1n) is 7.99. The Kier molecular flexibility index (Phi) is 3.09. The van der Waals surface area contributed by atoms with Gasteiger partial charge in [0.2, 0.25) is 17.7 Å². The second kappa shape index (κ2) is 5.06.